The van der Waals surface area contributed by atoms with Crippen molar-refractivity contribution >= 4 is 5.97 Å². The number of hydrogen-bond acceptors (Lipinski definition) is 2. The standard InChI is InChI=1S/C17H23NO2/c1-14-9-8-10-15(13-14)17(2,16(19)20)11-6-4-3-5-7-12-18/h8-10,13H,3-7,11H2,1-2H3,(H,19,20). The van der Waals surface area contributed by atoms with Gasteiger partial charge in [-0.2, -0.15) is 5.26 Å². The lowest BCUT2D eigenvalue weighted by atomic mass is 9.77. The second kappa shape index (κ2) is 7.69. The van der Waals surface area contributed by atoms with Gasteiger partial charge in [-0.1, -0.05) is 49.1 Å². The van der Waals surface area contributed by atoms with Crippen molar-refractivity contribution in [3.63, 3.8) is 0 Å². The van der Waals surface area contributed by atoms with Gasteiger partial charge in [-0.25, -0.2) is 0 Å². The van der Waals surface area contributed by atoms with Gasteiger partial charge in [0.2, 0.25) is 0 Å². The Kier molecular flexibility index (Phi) is 6.24. The van der Waals surface area contributed by atoms with E-state index in [1.54, 1.807) is 6.92 Å². The molecule has 0 fully saturated rings. The number of nitriles is 1. The number of nitrogens with zero attached hydrogens (tertiary/aromatic N) is 1. The van der Waals surface area contributed by atoms with Crippen molar-refractivity contribution in [1.29, 1.82) is 5.26 Å². The molecule has 1 unspecified atom stereocenters. The second-order valence-corrected chi connectivity index (χ2v) is 5.58. The van der Waals surface area contributed by atoms with E-state index in [0.29, 0.717) is 12.8 Å². The minimum absolute atomic E-state index is 0.591. The molecule has 20 heavy (non-hydrogen) atoms. The summed E-state index contributed by atoms with van der Waals surface area (Å²) < 4.78 is 0. The van der Waals surface area contributed by atoms with Crippen LogP contribution in [0.25, 0.3) is 0 Å². The van der Waals surface area contributed by atoms with Gasteiger partial charge in [0.05, 0.1) is 11.5 Å². The Labute approximate surface area is 121 Å². The minimum atomic E-state index is -0.818. The fourth-order valence-electron chi connectivity index (χ4n) is 2.40. The predicted octanol–water partition coefficient (Wildman–Crippen LogP) is 4.20. The van der Waals surface area contributed by atoms with Crippen LogP contribution in [0.2, 0.25) is 0 Å². The molecule has 0 aliphatic carbocycles. The number of carboxylic acids is 1. The molecular formula is C17H23NO2. The SMILES string of the molecule is Cc1cccc(C(C)(CCCCCCC#N)C(=O)O)c1. The van der Waals surface area contributed by atoms with Crippen molar-refractivity contribution in [1.82, 2.24) is 0 Å². The molecule has 3 nitrogen and oxygen atoms in total. The average molecular weight is 273 g/mol. The topological polar surface area (TPSA) is 61.1 Å². The third-order valence-corrected chi connectivity index (χ3v) is 3.84. The molecule has 0 saturated carbocycles. The van der Waals surface area contributed by atoms with Crippen LogP contribution in [-0.2, 0) is 10.2 Å². The first-order chi connectivity index (χ1) is 9.50. The molecule has 0 aromatic heterocycles. The summed E-state index contributed by atoms with van der Waals surface area (Å²) in [5.41, 5.74) is 1.15. The van der Waals surface area contributed by atoms with Crippen molar-refractivity contribution in [2.45, 2.75) is 57.8 Å². The highest BCUT2D eigenvalue weighted by atomic mass is 16.4. The van der Waals surface area contributed by atoms with Crippen LogP contribution in [0.1, 0.15) is 56.6 Å². The maximum atomic E-state index is 11.7. The van der Waals surface area contributed by atoms with E-state index in [9.17, 15) is 9.90 Å². The molecule has 1 aromatic carbocycles. The molecule has 1 N–H and O–H groups in total. The van der Waals surface area contributed by atoms with Crippen molar-refractivity contribution in [3.05, 3.63) is 35.4 Å². The van der Waals surface area contributed by atoms with Crippen molar-refractivity contribution < 1.29 is 9.90 Å². The first-order valence-electron chi connectivity index (χ1n) is 7.18. The zero-order chi connectivity index (χ0) is 15.0. The Morgan fingerprint density at radius 1 is 1.30 bits per heavy atom. The minimum Gasteiger partial charge on any atom is -0.481 e. The summed E-state index contributed by atoms with van der Waals surface area (Å²) in [6, 6.07) is 9.89. The van der Waals surface area contributed by atoms with E-state index in [2.05, 4.69) is 6.07 Å². The lowest BCUT2D eigenvalue weighted by Crippen LogP contribution is -2.32. The van der Waals surface area contributed by atoms with E-state index in [4.69, 9.17) is 5.26 Å². The van der Waals surface area contributed by atoms with Gasteiger partial charge in [0.25, 0.3) is 0 Å². The first-order valence-corrected chi connectivity index (χ1v) is 7.18. The Balaban J connectivity index is 2.64. The summed E-state index contributed by atoms with van der Waals surface area (Å²) in [6.45, 7) is 3.78. The van der Waals surface area contributed by atoms with Crippen molar-refractivity contribution in [3.8, 4) is 6.07 Å². The molecule has 1 atom stereocenters. The third-order valence-electron chi connectivity index (χ3n) is 3.84. The highest BCUT2D eigenvalue weighted by molar-refractivity contribution is 5.80. The number of unbranched alkanes of at least 4 members (excludes halogenated alkanes) is 4. The quantitative estimate of drug-likeness (QED) is 0.722. The number of rotatable bonds is 8. The molecule has 1 rings (SSSR count). The Morgan fingerprint density at radius 3 is 2.60 bits per heavy atom. The maximum Gasteiger partial charge on any atom is 0.313 e. The molecule has 0 bridgehead atoms. The lowest BCUT2D eigenvalue weighted by molar-refractivity contribution is -0.143. The van der Waals surface area contributed by atoms with Crippen LogP contribution in [0.3, 0.4) is 0 Å². The van der Waals surface area contributed by atoms with Gasteiger partial charge >= 0.3 is 5.97 Å². The molecule has 0 amide bonds. The van der Waals surface area contributed by atoms with Crippen LogP contribution in [0, 0.1) is 18.3 Å². The molecule has 0 heterocycles. The number of carboxylic acid groups (broad SMARTS) is 1. The Bertz CT molecular complexity index is 490. The number of carbonyl (C=O) groups is 1. The van der Waals surface area contributed by atoms with Crippen molar-refractivity contribution in [2.75, 3.05) is 0 Å². The molecule has 0 saturated heterocycles. The second-order valence-electron chi connectivity index (χ2n) is 5.58. The number of aryl methyl sites for hydroxylation is 1. The average Bonchev–Trinajstić information content (AvgIpc) is 2.42. The van der Waals surface area contributed by atoms with Crippen molar-refractivity contribution in [2.24, 2.45) is 0 Å². The molecular weight excluding hydrogens is 250 g/mol. The van der Waals surface area contributed by atoms with Gasteiger partial charge < -0.3 is 5.11 Å². The van der Waals surface area contributed by atoms with Gasteiger partial charge in [-0.3, -0.25) is 4.79 Å². The van der Waals surface area contributed by atoms with E-state index >= 15 is 0 Å². The Morgan fingerprint density at radius 2 is 2.00 bits per heavy atom. The zero-order valence-corrected chi connectivity index (χ0v) is 12.4. The normalized spacial score (nSPS) is 13.4. The largest absolute Gasteiger partial charge is 0.481 e. The zero-order valence-electron chi connectivity index (χ0n) is 12.4. The predicted molar refractivity (Wildman–Crippen MR) is 79.5 cm³/mol. The van der Waals surface area contributed by atoms with Gasteiger partial charge in [-0.15, -0.1) is 0 Å². The number of aliphatic carboxylic acids is 1. The summed E-state index contributed by atoms with van der Waals surface area (Å²) in [5, 5.41) is 18.0. The lowest BCUT2D eigenvalue weighted by Gasteiger charge is -2.25. The first kappa shape index (κ1) is 16.2. The van der Waals surface area contributed by atoms with Crippen LogP contribution in [0.15, 0.2) is 24.3 Å². The van der Waals surface area contributed by atoms with Crippen LogP contribution >= 0.6 is 0 Å². The molecule has 108 valence electrons. The van der Waals surface area contributed by atoms with E-state index in [-0.39, 0.29) is 0 Å². The van der Waals surface area contributed by atoms with Gasteiger partial charge in [0, 0.05) is 6.42 Å². The van der Waals surface area contributed by atoms with Crippen LogP contribution in [-0.4, -0.2) is 11.1 Å². The van der Waals surface area contributed by atoms with E-state index < -0.39 is 11.4 Å². The monoisotopic (exact) mass is 273 g/mol. The van der Waals surface area contributed by atoms with E-state index in [0.717, 1.165) is 36.8 Å². The fraction of sp³-hybridized carbons (Fsp3) is 0.529. The van der Waals surface area contributed by atoms with E-state index in [1.807, 2.05) is 31.2 Å². The molecule has 0 aliphatic heterocycles. The molecule has 0 aliphatic rings. The molecule has 0 radical (unpaired) electrons. The van der Waals surface area contributed by atoms with Gasteiger partial charge in [0.15, 0.2) is 0 Å². The smallest absolute Gasteiger partial charge is 0.313 e. The van der Waals surface area contributed by atoms with Gasteiger partial charge in [0.1, 0.15) is 0 Å². The summed E-state index contributed by atoms with van der Waals surface area (Å²) in [4.78, 5) is 11.7. The molecule has 1 aromatic rings. The van der Waals surface area contributed by atoms with Crippen LogP contribution < -0.4 is 0 Å². The highest BCUT2D eigenvalue weighted by Gasteiger charge is 2.34. The summed E-state index contributed by atoms with van der Waals surface area (Å²) in [6.07, 6.45) is 4.99. The fourth-order valence-corrected chi connectivity index (χ4v) is 2.40. The Hall–Kier alpha value is -1.82. The summed E-state index contributed by atoms with van der Waals surface area (Å²) in [7, 11) is 0. The van der Waals surface area contributed by atoms with Crippen LogP contribution in [0.5, 0.6) is 0 Å². The third kappa shape index (κ3) is 4.38. The maximum absolute atomic E-state index is 11.7. The van der Waals surface area contributed by atoms with Gasteiger partial charge in [-0.05, 0) is 32.3 Å². The summed E-state index contributed by atoms with van der Waals surface area (Å²) in [5.74, 6) is -0.764. The highest BCUT2D eigenvalue weighted by Crippen LogP contribution is 2.31. The molecule has 0 spiro atoms. The number of benzene rings is 1. The van der Waals surface area contributed by atoms with E-state index in [1.165, 1.54) is 0 Å². The van der Waals surface area contributed by atoms with Crippen LogP contribution in [0.4, 0.5) is 0 Å². The summed E-state index contributed by atoms with van der Waals surface area (Å²) >= 11 is 0. The number of hydrogen-bond donors (Lipinski definition) is 1. The molecule has 3 heteroatoms.